The molecule has 1 heterocycles. The Labute approximate surface area is 151 Å². The minimum absolute atomic E-state index is 0. The van der Waals surface area contributed by atoms with Crippen molar-refractivity contribution < 1.29 is 22.7 Å². The van der Waals surface area contributed by atoms with Crippen LogP contribution in [0.2, 0.25) is 0 Å². The lowest BCUT2D eigenvalue weighted by Gasteiger charge is -2.23. The van der Waals surface area contributed by atoms with Crippen LogP contribution in [0.25, 0.3) is 0 Å². The van der Waals surface area contributed by atoms with E-state index in [9.17, 15) is 18.0 Å². The molecule has 0 saturated carbocycles. The Kier molecular flexibility index (Phi) is 7.31. The first-order chi connectivity index (χ1) is 11.3. The van der Waals surface area contributed by atoms with E-state index in [1.165, 1.54) is 12.1 Å². The van der Waals surface area contributed by atoms with Crippen molar-refractivity contribution in [2.45, 2.75) is 25.6 Å². The van der Waals surface area contributed by atoms with Crippen LogP contribution in [-0.2, 0) is 6.18 Å². The minimum atomic E-state index is -4.53. The highest BCUT2D eigenvalue weighted by atomic mass is 35.5. The second-order valence-electron chi connectivity index (χ2n) is 5.95. The van der Waals surface area contributed by atoms with Crippen LogP contribution in [0.3, 0.4) is 0 Å². The molecular formula is C17H22ClF3N2O2. The maximum absolute atomic E-state index is 13.0. The monoisotopic (exact) mass is 378 g/mol. The van der Waals surface area contributed by atoms with Crippen molar-refractivity contribution in [1.29, 1.82) is 0 Å². The zero-order valence-corrected chi connectivity index (χ0v) is 14.7. The number of nitrogens with two attached hydrogens (primary N) is 1. The molecule has 1 aromatic rings. The first-order valence-electron chi connectivity index (χ1n) is 7.74. The average molecular weight is 379 g/mol. The largest absolute Gasteiger partial charge is 0.489 e. The molecule has 2 N–H and O–H groups in total. The Morgan fingerprint density at radius 1 is 1.48 bits per heavy atom. The number of rotatable bonds is 5. The molecule has 0 aliphatic carbocycles. The van der Waals surface area contributed by atoms with Crippen LogP contribution in [-0.4, -0.2) is 36.5 Å². The highest BCUT2D eigenvalue weighted by Crippen LogP contribution is 2.34. The number of hydrogen-bond donors (Lipinski definition) is 1. The van der Waals surface area contributed by atoms with E-state index in [4.69, 9.17) is 10.5 Å². The van der Waals surface area contributed by atoms with Gasteiger partial charge in [0, 0.05) is 12.6 Å². The summed E-state index contributed by atoms with van der Waals surface area (Å²) >= 11 is 0. The van der Waals surface area contributed by atoms with Gasteiger partial charge >= 0.3 is 6.18 Å². The Hall–Kier alpha value is -1.73. The van der Waals surface area contributed by atoms with Gasteiger partial charge in [-0.1, -0.05) is 12.7 Å². The molecule has 1 aliphatic heterocycles. The number of benzene rings is 1. The van der Waals surface area contributed by atoms with Gasteiger partial charge in [-0.3, -0.25) is 4.79 Å². The normalized spacial score (nSPS) is 20.1. The van der Waals surface area contributed by atoms with Crippen molar-refractivity contribution in [3.8, 4) is 5.75 Å². The van der Waals surface area contributed by atoms with Gasteiger partial charge in [0.2, 0.25) is 0 Å². The highest BCUT2D eigenvalue weighted by molar-refractivity contribution is 5.97. The molecule has 0 radical (unpaired) electrons. The zero-order valence-electron chi connectivity index (χ0n) is 13.9. The van der Waals surface area contributed by atoms with Gasteiger partial charge in [0.1, 0.15) is 12.4 Å². The van der Waals surface area contributed by atoms with Gasteiger partial charge in [0.25, 0.3) is 5.91 Å². The standard InChI is InChI=1S/C17H21F3N2O2.ClH/c1-3-6-24-15-5-4-13(17(18,19)20)8-14(15)16(23)22-10-12(9-21)7-11(22)2;/h3-5,8,11-12H,1,6-7,9-10,21H2,2H3;1H. The number of halogens is 4. The van der Waals surface area contributed by atoms with E-state index in [1.807, 2.05) is 6.92 Å². The number of carbonyl (C=O) groups excluding carboxylic acids is 1. The van der Waals surface area contributed by atoms with E-state index in [0.717, 1.165) is 18.6 Å². The van der Waals surface area contributed by atoms with E-state index < -0.39 is 17.6 Å². The summed E-state index contributed by atoms with van der Waals surface area (Å²) in [7, 11) is 0. The van der Waals surface area contributed by atoms with E-state index in [-0.39, 0.29) is 42.3 Å². The fourth-order valence-corrected chi connectivity index (χ4v) is 2.90. The van der Waals surface area contributed by atoms with E-state index in [2.05, 4.69) is 6.58 Å². The molecule has 8 heteroatoms. The van der Waals surface area contributed by atoms with E-state index in [1.54, 1.807) is 4.90 Å². The molecule has 1 amide bonds. The topological polar surface area (TPSA) is 55.6 Å². The molecule has 0 bridgehead atoms. The lowest BCUT2D eigenvalue weighted by molar-refractivity contribution is -0.137. The summed E-state index contributed by atoms with van der Waals surface area (Å²) in [5.41, 5.74) is 4.69. The molecular weight excluding hydrogens is 357 g/mol. The molecule has 2 rings (SSSR count). The van der Waals surface area contributed by atoms with Crippen molar-refractivity contribution in [3.63, 3.8) is 0 Å². The van der Waals surface area contributed by atoms with Crippen molar-refractivity contribution in [3.05, 3.63) is 42.0 Å². The summed E-state index contributed by atoms with van der Waals surface area (Å²) in [6.07, 6.45) is -2.32. The summed E-state index contributed by atoms with van der Waals surface area (Å²) in [6.45, 7) is 6.35. The van der Waals surface area contributed by atoms with Crippen molar-refractivity contribution in [1.82, 2.24) is 4.90 Å². The second kappa shape index (κ2) is 8.58. The van der Waals surface area contributed by atoms with Crippen molar-refractivity contribution >= 4 is 18.3 Å². The molecule has 0 spiro atoms. The van der Waals surface area contributed by atoms with Gasteiger partial charge in [-0.15, -0.1) is 12.4 Å². The molecule has 25 heavy (non-hydrogen) atoms. The average Bonchev–Trinajstić information content (AvgIpc) is 2.92. The summed E-state index contributed by atoms with van der Waals surface area (Å²) in [6, 6.07) is 2.86. The Morgan fingerprint density at radius 3 is 2.68 bits per heavy atom. The molecule has 1 aliphatic rings. The molecule has 2 atom stereocenters. The van der Waals surface area contributed by atoms with Gasteiger partial charge in [0.15, 0.2) is 0 Å². The second-order valence-corrected chi connectivity index (χ2v) is 5.95. The SMILES string of the molecule is C=CCOc1ccc(C(F)(F)F)cc1C(=O)N1CC(CN)CC1C.Cl. The number of hydrogen-bond acceptors (Lipinski definition) is 3. The van der Waals surface area contributed by atoms with Crippen molar-refractivity contribution in [2.75, 3.05) is 19.7 Å². The predicted octanol–water partition coefficient (Wildman–Crippen LogP) is 3.50. The highest BCUT2D eigenvalue weighted by Gasteiger charge is 2.36. The van der Waals surface area contributed by atoms with Crippen LogP contribution in [0.4, 0.5) is 13.2 Å². The maximum atomic E-state index is 13.0. The summed E-state index contributed by atoms with van der Waals surface area (Å²) in [4.78, 5) is 14.4. The van der Waals surface area contributed by atoms with Crippen LogP contribution in [0.1, 0.15) is 29.3 Å². The van der Waals surface area contributed by atoms with Crippen LogP contribution < -0.4 is 10.5 Å². The van der Waals surface area contributed by atoms with Gasteiger partial charge in [-0.2, -0.15) is 13.2 Å². The quantitative estimate of drug-likeness (QED) is 0.798. The Bertz CT molecular complexity index is 622. The molecule has 2 unspecified atom stereocenters. The molecule has 0 aromatic heterocycles. The van der Waals surface area contributed by atoms with E-state index >= 15 is 0 Å². The molecule has 1 saturated heterocycles. The molecule has 140 valence electrons. The van der Waals surface area contributed by atoms with Gasteiger partial charge < -0.3 is 15.4 Å². The van der Waals surface area contributed by atoms with Crippen LogP contribution >= 0.6 is 12.4 Å². The van der Waals surface area contributed by atoms with Crippen LogP contribution in [0.5, 0.6) is 5.75 Å². The third-order valence-electron chi connectivity index (χ3n) is 4.15. The number of likely N-dealkylation sites (tertiary alicyclic amines) is 1. The zero-order chi connectivity index (χ0) is 17.9. The lowest BCUT2D eigenvalue weighted by atomic mass is 10.1. The number of amides is 1. The molecule has 1 fully saturated rings. The molecule has 4 nitrogen and oxygen atoms in total. The van der Waals surface area contributed by atoms with Crippen LogP contribution in [0, 0.1) is 5.92 Å². The first-order valence-corrected chi connectivity index (χ1v) is 7.74. The summed E-state index contributed by atoms with van der Waals surface area (Å²) in [5.74, 6) is -0.188. The Balaban J connectivity index is 0.00000312. The van der Waals surface area contributed by atoms with Gasteiger partial charge in [-0.25, -0.2) is 0 Å². The number of ether oxygens (including phenoxy) is 1. The van der Waals surface area contributed by atoms with E-state index in [0.29, 0.717) is 13.1 Å². The minimum Gasteiger partial charge on any atom is -0.489 e. The molecule has 1 aromatic carbocycles. The fourth-order valence-electron chi connectivity index (χ4n) is 2.90. The predicted molar refractivity (Wildman–Crippen MR) is 92.0 cm³/mol. The third kappa shape index (κ3) is 4.89. The van der Waals surface area contributed by atoms with Crippen LogP contribution in [0.15, 0.2) is 30.9 Å². The first kappa shape index (κ1) is 21.3. The number of alkyl halides is 3. The van der Waals surface area contributed by atoms with Crippen molar-refractivity contribution in [2.24, 2.45) is 11.7 Å². The fraction of sp³-hybridized carbons (Fsp3) is 0.471. The number of nitrogens with zero attached hydrogens (tertiary/aromatic N) is 1. The van der Waals surface area contributed by atoms with Gasteiger partial charge in [0.05, 0.1) is 11.1 Å². The Morgan fingerprint density at radius 2 is 2.16 bits per heavy atom. The lowest BCUT2D eigenvalue weighted by Crippen LogP contribution is -2.35. The maximum Gasteiger partial charge on any atom is 0.416 e. The van der Waals surface area contributed by atoms with Gasteiger partial charge in [-0.05, 0) is 44.0 Å². The summed E-state index contributed by atoms with van der Waals surface area (Å²) in [5, 5.41) is 0. The smallest absolute Gasteiger partial charge is 0.416 e. The third-order valence-corrected chi connectivity index (χ3v) is 4.15. The number of carbonyl (C=O) groups is 1. The summed E-state index contributed by atoms with van der Waals surface area (Å²) < 4.78 is 44.3.